The number of phenolic OH excluding ortho intramolecular Hbond substituents is 1. The van der Waals surface area contributed by atoms with Crippen LogP contribution in [0.15, 0.2) is 30.3 Å². The minimum atomic E-state index is -2.65. The highest BCUT2D eigenvalue weighted by Crippen LogP contribution is 2.41. The van der Waals surface area contributed by atoms with Gasteiger partial charge < -0.3 is 20.6 Å². The lowest BCUT2D eigenvalue weighted by molar-refractivity contribution is -0.122. The Morgan fingerprint density at radius 2 is 2.03 bits per heavy atom. The van der Waals surface area contributed by atoms with Gasteiger partial charge in [-0.1, -0.05) is 6.07 Å². The molecule has 3 N–H and O–H groups in total. The fourth-order valence-corrected chi connectivity index (χ4v) is 5.27. The second-order valence-electron chi connectivity index (χ2n) is 9.21. The number of nitrogens with one attached hydrogen (secondary N) is 2. The Labute approximate surface area is 185 Å². The van der Waals surface area contributed by atoms with E-state index in [0.717, 1.165) is 12.0 Å². The van der Waals surface area contributed by atoms with Crippen LogP contribution in [0.4, 0.5) is 14.6 Å². The molecule has 3 aliphatic heterocycles. The first kappa shape index (κ1) is 21.1. The van der Waals surface area contributed by atoms with E-state index in [2.05, 4.69) is 20.8 Å². The lowest BCUT2D eigenvalue weighted by atomic mass is 9.89. The van der Waals surface area contributed by atoms with Gasteiger partial charge in [-0.05, 0) is 55.0 Å². The van der Waals surface area contributed by atoms with Crippen LogP contribution in [0.5, 0.6) is 5.75 Å². The number of aromatic nitrogens is 2. The normalized spacial score (nSPS) is 28.9. The third kappa shape index (κ3) is 3.90. The van der Waals surface area contributed by atoms with Crippen LogP contribution in [0, 0.1) is 0 Å². The van der Waals surface area contributed by atoms with Crippen LogP contribution in [0.1, 0.15) is 43.6 Å². The predicted octanol–water partition coefficient (Wildman–Crippen LogP) is 2.81. The summed E-state index contributed by atoms with van der Waals surface area (Å²) in [7, 11) is 1.86. The summed E-state index contributed by atoms with van der Waals surface area (Å²) in [4.78, 5) is 13.6. The molecule has 2 aromatic rings. The van der Waals surface area contributed by atoms with Gasteiger partial charge >= 0.3 is 0 Å². The van der Waals surface area contributed by atoms with Crippen molar-refractivity contribution in [3.05, 3.63) is 35.9 Å². The zero-order valence-electron chi connectivity index (χ0n) is 17.9. The third-order valence-corrected chi connectivity index (χ3v) is 7.11. The van der Waals surface area contributed by atoms with Crippen LogP contribution in [0.25, 0.3) is 11.3 Å². The zero-order valence-corrected chi connectivity index (χ0v) is 17.9. The average Bonchev–Trinajstić information content (AvgIpc) is 2.99. The predicted molar refractivity (Wildman–Crippen MR) is 116 cm³/mol. The SMILES string of the molecule is CN(c1ccc(-c2ccc([C@H]3CCNC(=O)C3)cc2O)nn1)[C@H]1C[C@@H]2CC(F)(F)[C@H](C1)N2. The van der Waals surface area contributed by atoms with Crippen molar-refractivity contribution in [2.24, 2.45) is 0 Å². The maximum Gasteiger partial charge on any atom is 0.264 e. The summed E-state index contributed by atoms with van der Waals surface area (Å²) < 4.78 is 28.1. The van der Waals surface area contributed by atoms with Crippen molar-refractivity contribution in [2.45, 2.75) is 62.1 Å². The molecule has 0 aliphatic carbocycles. The number of piperidine rings is 2. The van der Waals surface area contributed by atoms with Crippen LogP contribution in [0.2, 0.25) is 0 Å². The van der Waals surface area contributed by atoms with Crippen molar-refractivity contribution in [3.63, 3.8) is 0 Å². The van der Waals surface area contributed by atoms with Gasteiger partial charge in [0.15, 0.2) is 5.82 Å². The number of rotatable bonds is 4. The molecule has 3 aliphatic rings. The van der Waals surface area contributed by atoms with E-state index >= 15 is 0 Å². The molecule has 0 spiro atoms. The lowest BCUT2D eigenvalue weighted by Crippen LogP contribution is -2.49. The third-order valence-electron chi connectivity index (χ3n) is 7.11. The van der Waals surface area contributed by atoms with Gasteiger partial charge in [-0.3, -0.25) is 4.79 Å². The summed E-state index contributed by atoms with van der Waals surface area (Å²) >= 11 is 0. The maximum absolute atomic E-state index is 14.0. The summed E-state index contributed by atoms with van der Waals surface area (Å²) in [5.41, 5.74) is 2.03. The van der Waals surface area contributed by atoms with Crippen molar-refractivity contribution in [1.29, 1.82) is 0 Å². The number of carbonyl (C=O) groups is 1. The molecule has 5 rings (SSSR count). The van der Waals surface area contributed by atoms with Gasteiger partial charge in [0, 0.05) is 44.1 Å². The van der Waals surface area contributed by atoms with E-state index in [1.807, 2.05) is 24.1 Å². The molecule has 4 atom stereocenters. The van der Waals surface area contributed by atoms with Crippen LogP contribution < -0.4 is 15.5 Å². The highest BCUT2D eigenvalue weighted by atomic mass is 19.3. The standard InChI is InChI=1S/C23H27F2N5O2/c1-30(16-10-15-12-23(24,25)20(11-16)27-15)21-5-4-18(28-29-21)17-3-2-13(8-19(17)31)14-6-7-26-22(32)9-14/h2-5,8,14-16,20,27,31H,6-7,9-12H2,1H3,(H,26,32)/t14-,15+,16-,20-/m0/s1. The number of hydrogen-bond acceptors (Lipinski definition) is 6. The van der Waals surface area contributed by atoms with Gasteiger partial charge in [-0.2, -0.15) is 0 Å². The number of alkyl halides is 2. The number of phenols is 1. The van der Waals surface area contributed by atoms with E-state index in [1.54, 1.807) is 18.2 Å². The van der Waals surface area contributed by atoms with Crippen molar-refractivity contribution >= 4 is 11.7 Å². The number of benzene rings is 1. The molecule has 0 radical (unpaired) electrons. The van der Waals surface area contributed by atoms with Crippen molar-refractivity contribution < 1.29 is 18.7 Å². The minimum absolute atomic E-state index is 0.0276. The van der Waals surface area contributed by atoms with Gasteiger partial charge in [0.1, 0.15) is 5.75 Å². The molecule has 1 amide bonds. The molecule has 32 heavy (non-hydrogen) atoms. The minimum Gasteiger partial charge on any atom is -0.507 e. The highest BCUT2D eigenvalue weighted by Gasteiger charge is 2.53. The van der Waals surface area contributed by atoms with Crippen molar-refractivity contribution in [3.8, 4) is 17.0 Å². The Bertz CT molecular complexity index is 1020. The van der Waals surface area contributed by atoms with Crippen molar-refractivity contribution in [1.82, 2.24) is 20.8 Å². The second-order valence-corrected chi connectivity index (χ2v) is 9.21. The summed E-state index contributed by atoms with van der Waals surface area (Å²) in [6.45, 7) is 0.642. The fourth-order valence-electron chi connectivity index (χ4n) is 5.27. The van der Waals surface area contributed by atoms with E-state index in [9.17, 15) is 18.7 Å². The molecule has 170 valence electrons. The van der Waals surface area contributed by atoms with E-state index in [1.165, 1.54) is 0 Å². The molecular formula is C23H27F2N5O2. The van der Waals surface area contributed by atoms with Crippen LogP contribution in [-0.2, 0) is 4.79 Å². The van der Waals surface area contributed by atoms with E-state index in [-0.39, 0.29) is 36.1 Å². The summed E-state index contributed by atoms with van der Waals surface area (Å²) in [5, 5.41) is 25.0. The maximum atomic E-state index is 14.0. The number of hydrogen-bond donors (Lipinski definition) is 3. The molecule has 0 saturated carbocycles. The molecule has 1 aromatic carbocycles. The molecule has 3 fully saturated rings. The first-order chi connectivity index (χ1) is 15.3. The zero-order chi connectivity index (χ0) is 22.5. The highest BCUT2D eigenvalue weighted by molar-refractivity contribution is 5.78. The van der Waals surface area contributed by atoms with E-state index in [4.69, 9.17) is 0 Å². The topological polar surface area (TPSA) is 90.4 Å². The van der Waals surface area contributed by atoms with E-state index in [0.29, 0.717) is 42.9 Å². The fraction of sp³-hybridized carbons (Fsp3) is 0.522. The molecule has 2 bridgehead atoms. The van der Waals surface area contributed by atoms with Crippen LogP contribution in [0.3, 0.4) is 0 Å². The van der Waals surface area contributed by atoms with Gasteiger partial charge in [-0.25, -0.2) is 8.78 Å². The largest absolute Gasteiger partial charge is 0.507 e. The Hall–Kier alpha value is -2.81. The summed E-state index contributed by atoms with van der Waals surface area (Å²) in [5.74, 6) is -1.81. The quantitative estimate of drug-likeness (QED) is 0.673. The number of nitrogens with zero attached hydrogens (tertiary/aromatic N) is 3. The molecule has 1 aromatic heterocycles. The Kier molecular flexibility index (Phi) is 5.23. The van der Waals surface area contributed by atoms with Gasteiger partial charge in [0.2, 0.25) is 5.91 Å². The second kappa shape index (κ2) is 7.95. The molecule has 0 unspecified atom stereocenters. The smallest absolute Gasteiger partial charge is 0.264 e. The number of halogens is 2. The summed E-state index contributed by atoms with van der Waals surface area (Å²) in [6.07, 6.45) is 2.17. The number of anilines is 1. The average molecular weight is 443 g/mol. The monoisotopic (exact) mass is 443 g/mol. The molecule has 4 heterocycles. The van der Waals surface area contributed by atoms with Gasteiger partial charge in [0.25, 0.3) is 5.92 Å². The number of fused-ring (bicyclic) bond motifs is 2. The first-order valence-corrected chi connectivity index (χ1v) is 11.1. The Morgan fingerprint density at radius 3 is 2.72 bits per heavy atom. The van der Waals surface area contributed by atoms with Crippen molar-refractivity contribution in [2.75, 3.05) is 18.5 Å². The van der Waals surface area contributed by atoms with E-state index < -0.39 is 12.0 Å². The van der Waals surface area contributed by atoms with Crippen LogP contribution in [-0.4, -0.2) is 58.9 Å². The molecule has 3 saturated heterocycles. The molecule has 9 heteroatoms. The first-order valence-electron chi connectivity index (χ1n) is 11.1. The Balaban J connectivity index is 1.30. The van der Waals surface area contributed by atoms with Gasteiger partial charge in [0.05, 0.1) is 11.7 Å². The molecular weight excluding hydrogens is 416 g/mol. The number of carbonyl (C=O) groups excluding carboxylic acids is 1. The lowest BCUT2D eigenvalue weighted by Gasteiger charge is -2.36. The Morgan fingerprint density at radius 1 is 1.19 bits per heavy atom. The number of aromatic hydroxyl groups is 1. The number of amides is 1. The van der Waals surface area contributed by atoms with Gasteiger partial charge in [-0.15, -0.1) is 10.2 Å². The molecule has 7 nitrogen and oxygen atoms in total. The summed E-state index contributed by atoms with van der Waals surface area (Å²) in [6, 6.07) is 8.03. The van der Waals surface area contributed by atoms with Crippen LogP contribution >= 0.6 is 0 Å².